The molecule has 1 aromatic carbocycles. The van der Waals surface area contributed by atoms with Gasteiger partial charge in [-0.2, -0.15) is 5.10 Å². The molecule has 2 N–H and O–H groups in total. The Kier molecular flexibility index (Phi) is 4.20. The normalized spacial score (nSPS) is 20.0. The molecule has 0 spiro atoms. The average molecular weight is 364 g/mol. The lowest BCUT2D eigenvalue weighted by Gasteiger charge is -2.25. The number of rotatable bonds is 3. The molecule has 6 heteroatoms. The summed E-state index contributed by atoms with van der Waals surface area (Å²) in [5.41, 5.74) is 5.13. The number of fused-ring (bicyclic) bond motifs is 1. The Balaban J connectivity index is 1.53. The molecule has 5 nitrogen and oxygen atoms in total. The molecule has 132 valence electrons. The molecule has 1 aliphatic rings. The number of carbonyl (C=O) groups is 1. The van der Waals surface area contributed by atoms with Gasteiger partial charge in [-0.05, 0) is 38.0 Å². The number of hydrogen-bond donors (Lipinski definition) is 2. The van der Waals surface area contributed by atoms with E-state index in [2.05, 4.69) is 53.4 Å². The zero-order valence-corrected chi connectivity index (χ0v) is 15.7. The summed E-state index contributed by atoms with van der Waals surface area (Å²) in [4.78, 5) is 17.2. The van der Waals surface area contributed by atoms with Crippen molar-refractivity contribution in [3.63, 3.8) is 0 Å². The minimum atomic E-state index is -0.159. The molecular weight excluding hydrogens is 344 g/mol. The van der Waals surface area contributed by atoms with Gasteiger partial charge < -0.3 is 0 Å². The summed E-state index contributed by atoms with van der Waals surface area (Å²) < 4.78 is 0. The van der Waals surface area contributed by atoms with Gasteiger partial charge in [-0.1, -0.05) is 30.2 Å². The van der Waals surface area contributed by atoms with Crippen LogP contribution in [0, 0.1) is 5.92 Å². The van der Waals surface area contributed by atoms with Crippen LogP contribution in [0.5, 0.6) is 0 Å². The van der Waals surface area contributed by atoms with Crippen LogP contribution in [0.3, 0.4) is 0 Å². The van der Waals surface area contributed by atoms with Crippen molar-refractivity contribution in [2.45, 2.75) is 26.7 Å². The number of nitrogens with one attached hydrogen (secondary N) is 2. The van der Waals surface area contributed by atoms with E-state index in [4.69, 9.17) is 0 Å². The van der Waals surface area contributed by atoms with E-state index in [-0.39, 0.29) is 11.8 Å². The van der Waals surface area contributed by atoms with Crippen LogP contribution in [-0.2, 0) is 0 Å². The van der Waals surface area contributed by atoms with Gasteiger partial charge in [0.2, 0.25) is 0 Å². The molecule has 0 saturated heterocycles. The summed E-state index contributed by atoms with van der Waals surface area (Å²) in [6, 6.07) is 5.47. The maximum Gasteiger partial charge on any atom is 0.257 e. The van der Waals surface area contributed by atoms with Crippen LogP contribution >= 0.6 is 11.3 Å². The Bertz CT molecular complexity index is 1040. The molecule has 2 unspecified atom stereocenters. The van der Waals surface area contributed by atoms with Gasteiger partial charge >= 0.3 is 0 Å². The monoisotopic (exact) mass is 364 g/mol. The summed E-state index contributed by atoms with van der Waals surface area (Å²) in [6.45, 7) is 6.48. The zero-order chi connectivity index (χ0) is 18.3. The zero-order valence-electron chi connectivity index (χ0n) is 14.9. The van der Waals surface area contributed by atoms with E-state index in [0.717, 1.165) is 16.6 Å². The summed E-state index contributed by atoms with van der Waals surface area (Å²) in [5.74, 6) is 0.505. The number of aromatic amines is 1. The van der Waals surface area contributed by atoms with E-state index in [9.17, 15) is 4.79 Å². The third-order valence-electron chi connectivity index (χ3n) is 4.76. The third kappa shape index (κ3) is 3.08. The van der Waals surface area contributed by atoms with Gasteiger partial charge in [0.1, 0.15) is 0 Å². The molecule has 0 saturated carbocycles. The van der Waals surface area contributed by atoms with Crippen LogP contribution in [0.25, 0.3) is 10.9 Å². The molecular formula is C20H20N4OS. The first-order valence-electron chi connectivity index (χ1n) is 8.58. The Morgan fingerprint density at radius 3 is 2.96 bits per heavy atom. The summed E-state index contributed by atoms with van der Waals surface area (Å²) in [6.07, 6.45) is 6.19. The van der Waals surface area contributed by atoms with Crippen molar-refractivity contribution in [3.05, 3.63) is 64.3 Å². The molecule has 0 radical (unpaired) electrons. The molecule has 0 aliphatic heterocycles. The summed E-state index contributed by atoms with van der Waals surface area (Å²) in [7, 11) is 0. The molecule has 0 bridgehead atoms. The molecule has 4 rings (SSSR count). The predicted octanol–water partition coefficient (Wildman–Crippen LogP) is 4.90. The number of carbonyl (C=O) groups excluding carboxylic acids is 1. The first-order valence-corrected chi connectivity index (χ1v) is 9.46. The number of anilines is 1. The van der Waals surface area contributed by atoms with E-state index in [0.29, 0.717) is 16.6 Å². The molecule has 2 atom stereocenters. The molecule has 3 aromatic rings. The Morgan fingerprint density at radius 2 is 2.15 bits per heavy atom. The van der Waals surface area contributed by atoms with Crippen LogP contribution in [-0.4, -0.2) is 21.1 Å². The number of thiazole rings is 1. The Morgan fingerprint density at radius 1 is 1.31 bits per heavy atom. The highest BCUT2D eigenvalue weighted by Crippen LogP contribution is 2.38. The van der Waals surface area contributed by atoms with Crippen molar-refractivity contribution in [1.29, 1.82) is 0 Å². The largest absolute Gasteiger partial charge is 0.298 e. The standard InChI is InChI=1S/C20H20N4OS/c1-11-6-12(2)18(13(3)7-11)17-10-26-20(22-17)23-19(25)14-4-5-16-15(8-14)9-21-24-16/h4-10,12,18H,1-3H3,(H,21,24)(H,22,23,25). The Labute approximate surface area is 155 Å². The van der Waals surface area contributed by atoms with Gasteiger partial charge in [0.15, 0.2) is 5.13 Å². The maximum absolute atomic E-state index is 12.5. The predicted molar refractivity (Wildman–Crippen MR) is 106 cm³/mol. The highest BCUT2D eigenvalue weighted by molar-refractivity contribution is 7.14. The molecule has 1 amide bonds. The second-order valence-electron chi connectivity index (χ2n) is 6.84. The maximum atomic E-state index is 12.5. The van der Waals surface area contributed by atoms with Gasteiger partial charge in [0.05, 0.1) is 17.4 Å². The van der Waals surface area contributed by atoms with Gasteiger partial charge in [0.25, 0.3) is 5.91 Å². The van der Waals surface area contributed by atoms with Crippen molar-refractivity contribution in [1.82, 2.24) is 15.2 Å². The van der Waals surface area contributed by atoms with Gasteiger partial charge in [0, 0.05) is 22.2 Å². The quantitative estimate of drug-likeness (QED) is 0.694. The number of H-pyrrole nitrogens is 1. The van der Waals surface area contributed by atoms with Crippen LogP contribution in [0.1, 0.15) is 42.7 Å². The van der Waals surface area contributed by atoms with Crippen LogP contribution in [0.4, 0.5) is 5.13 Å². The molecule has 1 aliphatic carbocycles. The fourth-order valence-electron chi connectivity index (χ4n) is 3.66. The fourth-order valence-corrected chi connectivity index (χ4v) is 4.41. The van der Waals surface area contributed by atoms with Gasteiger partial charge in [-0.3, -0.25) is 15.2 Å². The minimum Gasteiger partial charge on any atom is -0.298 e. The number of nitrogens with zero attached hydrogens (tertiary/aromatic N) is 2. The highest BCUT2D eigenvalue weighted by atomic mass is 32.1. The number of allylic oxidation sites excluding steroid dienone is 4. The Hall–Kier alpha value is -2.73. The molecule has 26 heavy (non-hydrogen) atoms. The van der Waals surface area contributed by atoms with Crippen LogP contribution < -0.4 is 5.32 Å². The fraction of sp³-hybridized carbons (Fsp3) is 0.250. The minimum absolute atomic E-state index is 0.159. The number of hydrogen-bond acceptors (Lipinski definition) is 4. The number of aromatic nitrogens is 3. The van der Waals surface area contributed by atoms with E-state index in [1.807, 2.05) is 17.5 Å². The van der Waals surface area contributed by atoms with Crippen molar-refractivity contribution >= 4 is 33.3 Å². The van der Waals surface area contributed by atoms with Crippen LogP contribution in [0.2, 0.25) is 0 Å². The van der Waals surface area contributed by atoms with Crippen molar-refractivity contribution in [2.75, 3.05) is 5.32 Å². The van der Waals surface area contributed by atoms with E-state index in [1.165, 1.54) is 22.5 Å². The second kappa shape index (κ2) is 6.53. The first-order chi connectivity index (χ1) is 12.5. The van der Waals surface area contributed by atoms with Crippen molar-refractivity contribution in [3.8, 4) is 0 Å². The summed E-state index contributed by atoms with van der Waals surface area (Å²) in [5, 5.41) is 13.4. The third-order valence-corrected chi connectivity index (χ3v) is 5.54. The lowest BCUT2D eigenvalue weighted by atomic mass is 9.80. The van der Waals surface area contributed by atoms with E-state index in [1.54, 1.807) is 12.3 Å². The second-order valence-corrected chi connectivity index (χ2v) is 7.70. The topological polar surface area (TPSA) is 70.7 Å². The number of benzene rings is 1. The summed E-state index contributed by atoms with van der Waals surface area (Å²) >= 11 is 1.47. The van der Waals surface area contributed by atoms with E-state index >= 15 is 0 Å². The van der Waals surface area contributed by atoms with Crippen molar-refractivity contribution < 1.29 is 4.79 Å². The SMILES string of the molecule is CC1=CC(C)C(c2csc(NC(=O)c3ccc4[nH]ncc4c3)n2)C(C)=C1. The van der Waals surface area contributed by atoms with E-state index < -0.39 is 0 Å². The smallest absolute Gasteiger partial charge is 0.257 e. The van der Waals surface area contributed by atoms with Crippen molar-refractivity contribution in [2.24, 2.45) is 5.92 Å². The lowest BCUT2D eigenvalue weighted by molar-refractivity contribution is 0.102. The van der Waals surface area contributed by atoms with Gasteiger partial charge in [-0.15, -0.1) is 11.3 Å². The van der Waals surface area contributed by atoms with Crippen LogP contribution in [0.15, 0.2) is 53.1 Å². The molecule has 0 fully saturated rings. The average Bonchev–Trinajstić information content (AvgIpc) is 3.22. The number of amides is 1. The lowest BCUT2D eigenvalue weighted by Crippen LogP contribution is -2.15. The van der Waals surface area contributed by atoms with Gasteiger partial charge in [-0.25, -0.2) is 4.98 Å². The molecule has 2 heterocycles. The molecule has 2 aromatic heterocycles. The first kappa shape index (κ1) is 16.7. The highest BCUT2D eigenvalue weighted by Gasteiger charge is 2.25.